The summed E-state index contributed by atoms with van der Waals surface area (Å²) < 4.78 is 0. The summed E-state index contributed by atoms with van der Waals surface area (Å²) in [4.78, 5) is 25.7. The van der Waals surface area contributed by atoms with Crippen LogP contribution >= 0.6 is 0 Å². The third kappa shape index (κ3) is 4.43. The summed E-state index contributed by atoms with van der Waals surface area (Å²) in [5, 5.41) is 3.18. The van der Waals surface area contributed by atoms with Crippen LogP contribution < -0.4 is 11.1 Å². The highest BCUT2D eigenvalue weighted by Gasteiger charge is 2.30. The van der Waals surface area contributed by atoms with Crippen molar-refractivity contribution in [2.75, 3.05) is 13.1 Å². The highest BCUT2D eigenvalue weighted by Crippen LogP contribution is 2.24. The molecule has 1 saturated carbocycles. The van der Waals surface area contributed by atoms with E-state index in [1.807, 2.05) is 0 Å². The average Bonchev–Trinajstić information content (AvgIpc) is 2.43. The fourth-order valence-corrected chi connectivity index (χ4v) is 3.60. The van der Waals surface area contributed by atoms with Crippen LogP contribution in [0.25, 0.3) is 0 Å². The lowest BCUT2D eigenvalue weighted by Crippen LogP contribution is -2.51. The normalized spacial score (nSPS) is 34.4. The van der Waals surface area contributed by atoms with Gasteiger partial charge in [-0.05, 0) is 38.5 Å². The van der Waals surface area contributed by atoms with Gasteiger partial charge in [-0.25, -0.2) is 0 Å². The van der Waals surface area contributed by atoms with E-state index in [9.17, 15) is 9.59 Å². The predicted octanol–water partition coefficient (Wildman–Crippen LogP) is 1.27. The van der Waals surface area contributed by atoms with Crippen molar-refractivity contribution in [3.63, 3.8) is 0 Å². The Hall–Kier alpha value is -1.10. The molecule has 0 bridgehead atoms. The van der Waals surface area contributed by atoms with E-state index >= 15 is 0 Å². The zero-order chi connectivity index (χ0) is 15.4. The lowest BCUT2D eigenvalue weighted by atomic mass is 9.86. The third-order valence-corrected chi connectivity index (χ3v) is 5.22. The van der Waals surface area contributed by atoms with Crippen LogP contribution in [0.15, 0.2) is 0 Å². The van der Waals surface area contributed by atoms with Gasteiger partial charge in [0.25, 0.3) is 0 Å². The van der Waals surface area contributed by atoms with E-state index in [-0.39, 0.29) is 17.7 Å². The number of hydrogen-bond donors (Lipinski definition) is 2. The Labute approximate surface area is 127 Å². The maximum atomic E-state index is 12.3. The van der Waals surface area contributed by atoms with Crippen molar-refractivity contribution in [3.8, 4) is 0 Å². The number of carbonyl (C=O) groups excluding carboxylic acids is 2. The molecular weight excluding hydrogens is 266 g/mol. The summed E-state index contributed by atoms with van der Waals surface area (Å²) in [7, 11) is 0. The van der Waals surface area contributed by atoms with Crippen molar-refractivity contribution in [1.82, 2.24) is 10.2 Å². The number of nitrogens with zero attached hydrogens (tertiary/aromatic N) is 1. The Morgan fingerprint density at radius 3 is 2.52 bits per heavy atom. The molecule has 5 nitrogen and oxygen atoms in total. The second kappa shape index (κ2) is 7.25. The number of rotatable bonds is 4. The minimum atomic E-state index is -0.242. The minimum absolute atomic E-state index is 0.0886. The molecule has 0 spiro atoms. The number of primary amides is 1. The van der Waals surface area contributed by atoms with Crippen molar-refractivity contribution in [3.05, 3.63) is 0 Å². The van der Waals surface area contributed by atoms with Crippen LogP contribution in [0.1, 0.15) is 52.4 Å². The average molecular weight is 295 g/mol. The van der Waals surface area contributed by atoms with Gasteiger partial charge in [-0.2, -0.15) is 0 Å². The maximum absolute atomic E-state index is 12.3. The maximum Gasteiger partial charge on any atom is 0.234 e. The topological polar surface area (TPSA) is 75.4 Å². The zero-order valence-corrected chi connectivity index (χ0v) is 13.3. The van der Waals surface area contributed by atoms with Crippen LogP contribution in [0.2, 0.25) is 0 Å². The first-order chi connectivity index (χ1) is 9.97. The quantitative estimate of drug-likeness (QED) is 0.820. The fourth-order valence-electron chi connectivity index (χ4n) is 3.60. The molecule has 0 aromatic rings. The van der Waals surface area contributed by atoms with Gasteiger partial charge in [-0.3, -0.25) is 14.5 Å². The Balaban J connectivity index is 1.84. The molecule has 4 atom stereocenters. The van der Waals surface area contributed by atoms with Crippen LogP contribution in [0.3, 0.4) is 0 Å². The van der Waals surface area contributed by atoms with E-state index in [1.54, 1.807) is 0 Å². The van der Waals surface area contributed by atoms with Crippen LogP contribution in [-0.2, 0) is 9.59 Å². The molecule has 0 aromatic carbocycles. The fraction of sp³-hybridized carbons (Fsp3) is 0.875. The number of hydrogen-bond acceptors (Lipinski definition) is 3. The first-order valence-corrected chi connectivity index (χ1v) is 8.30. The second-order valence-corrected chi connectivity index (χ2v) is 6.89. The van der Waals surface area contributed by atoms with Gasteiger partial charge in [-0.1, -0.05) is 19.8 Å². The van der Waals surface area contributed by atoms with Crippen LogP contribution in [0, 0.1) is 11.8 Å². The van der Waals surface area contributed by atoms with E-state index in [2.05, 4.69) is 24.1 Å². The Bertz CT molecular complexity index is 386. The number of carbonyl (C=O) groups is 2. The van der Waals surface area contributed by atoms with E-state index in [0.29, 0.717) is 31.1 Å². The summed E-state index contributed by atoms with van der Waals surface area (Å²) in [5.74, 6) is 0.307. The molecule has 21 heavy (non-hydrogen) atoms. The van der Waals surface area contributed by atoms with Gasteiger partial charge < -0.3 is 11.1 Å². The van der Waals surface area contributed by atoms with Crippen molar-refractivity contribution >= 4 is 11.8 Å². The van der Waals surface area contributed by atoms with Gasteiger partial charge in [0.05, 0.1) is 12.5 Å². The molecule has 1 aliphatic heterocycles. The molecule has 0 radical (unpaired) electrons. The lowest BCUT2D eigenvalue weighted by Gasteiger charge is -2.37. The second-order valence-electron chi connectivity index (χ2n) is 6.89. The number of piperidine rings is 1. The summed E-state index contributed by atoms with van der Waals surface area (Å²) in [6.45, 7) is 5.34. The van der Waals surface area contributed by atoms with Crippen LogP contribution in [-0.4, -0.2) is 41.9 Å². The molecule has 0 aromatic heterocycles. The van der Waals surface area contributed by atoms with Crippen molar-refractivity contribution in [2.24, 2.45) is 17.6 Å². The molecule has 2 aliphatic rings. The third-order valence-electron chi connectivity index (χ3n) is 5.22. The van der Waals surface area contributed by atoms with Gasteiger partial charge >= 0.3 is 0 Å². The largest absolute Gasteiger partial charge is 0.369 e. The molecular formula is C16H29N3O2. The SMILES string of the molecule is CC1CCCCC1NC(=O)CN1CC(C(N)=O)CCC1C. The van der Waals surface area contributed by atoms with E-state index < -0.39 is 0 Å². The number of nitrogens with one attached hydrogen (secondary N) is 1. The first kappa shape index (κ1) is 16.3. The monoisotopic (exact) mass is 295 g/mol. The summed E-state index contributed by atoms with van der Waals surface area (Å²) in [5.41, 5.74) is 5.41. The summed E-state index contributed by atoms with van der Waals surface area (Å²) >= 11 is 0. The van der Waals surface area contributed by atoms with Crippen molar-refractivity contribution in [1.29, 1.82) is 0 Å². The van der Waals surface area contributed by atoms with Crippen molar-refractivity contribution < 1.29 is 9.59 Å². The van der Waals surface area contributed by atoms with Crippen LogP contribution in [0.4, 0.5) is 0 Å². The van der Waals surface area contributed by atoms with Gasteiger partial charge in [0.2, 0.25) is 11.8 Å². The van der Waals surface area contributed by atoms with E-state index in [4.69, 9.17) is 5.73 Å². The van der Waals surface area contributed by atoms with Gasteiger partial charge in [-0.15, -0.1) is 0 Å². The van der Waals surface area contributed by atoms with Crippen LogP contribution in [0.5, 0.6) is 0 Å². The molecule has 1 aliphatic carbocycles. The predicted molar refractivity (Wildman–Crippen MR) is 82.5 cm³/mol. The molecule has 1 heterocycles. The molecule has 1 saturated heterocycles. The molecule has 5 heteroatoms. The van der Waals surface area contributed by atoms with E-state index in [1.165, 1.54) is 19.3 Å². The Morgan fingerprint density at radius 2 is 1.86 bits per heavy atom. The highest BCUT2D eigenvalue weighted by atomic mass is 16.2. The zero-order valence-electron chi connectivity index (χ0n) is 13.3. The summed E-state index contributed by atoms with van der Waals surface area (Å²) in [6.07, 6.45) is 6.55. The smallest absolute Gasteiger partial charge is 0.234 e. The Morgan fingerprint density at radius 1 is 1.14 bits per heavy atom. The Kier molecular flexibility index (Phi) is 5.62. The first-order valence-electron chi connectivity index (χ1n) is 8.30. The molecule has 2 rings (SSSR count). The minimum Gasteiger partial charge on any atom is -0.369 e. The standard InChI is InChI=1S/C16H29N3O2/c1-11-5-3-4-6-14(11)18-15(20)10-19-9-13(16(17)21)8-7-12(19)2/h11-14H,3-10H2,1-2H3,(H2,17,21)(H,18,20). The van der Waals surface area contributed by atoms with Gasteiger partial charge in [0, 0.05) is 18.6 Å². The number of likely N-dealkylation sites (tertiary alicyclic amines) is 1. The molecule has 120 valence electrons. The van der Waals surface area contributed by atoms with Gasteiger partial charge in [0.1, 0.15) is 0 Å². The lowest BCUT2D eigenvalue weighted by molar-refractivity contribution is -0.128. The molecule has 3 N–H and O–H groups in total. The number of nitrogens with two attached hydrogens (primary N) is 1. The highest BCUT2D eigenvalue weighted by molar-refractivity contribution is 5.79. The van der Waals surface area contributed by atoms with E-state index in [0.717, 1.165) is 19.3 Å². The molecule has 2 fully saturated rings. The summed E-state index contributed by atoms with van der Waals surface area (Å²) in [6, 6.07) is 0.661. The van der Waals surface area contributed by atoms with Crippen molar-refractivity contribution in [2.45, 2.75) is 64.5 Å². The molecule has 4 unspecified atom stereocenters. The molecule has 2 amide bonds. The van der Waals surface area contributed by atoms with Gasteiger partial charge in [0.15, 0.2) is 0 Å². The number of amides is 2.